The van der Waals surface area contributed by atoms with E-state index in [0.29, 0.717) is 17.7 Å². The third kappa shape index (κ3) is 4.31. The number of rotatable bonds is 6. The molecule has 0 amide bonds. The lowest BCUT2D eigenvalue weighted by Gasteiger charge is -2.18. The molecule has 0 saturated carbocycles. The molecule has 1 aromatic carbocycles. The molecule has 104 valence electrons. The van der Waals surface area contributed by atoms with Gasteiger partial charge in [0.2, 0.25) is 0 Å². The van der Waals surface area contributed by atoms with Crippen LogP contribution in [0.25, 0.3) is 0 Å². The first-order valence-corrected chi connectivity index (χ1v) is 6.93. The number of ether oxygens (including phenoxy) is 2. The van der Waals surface area contributed by atoms with Crippen molar-refractivity contribution in [2.45, 2.75) is 38.3 Å². The van der Waals surface area contributed by atoms with E-state index in [9.17, 15) is 0 Å². The van der Waals surface area contributed by atoms with Crippen LogP contribution in [-0.2, 0) is 4.74 Å². The van der Waals surface area contributed by atoms with Crippen molar-refractivity contribution in [3.63, 3.8) is 0 Å². The second kappa shape index (κ2) is 6.66. The van der Waals surface area contributed by atoms with Gasteiger partial charge >= 0.3 is 0 Å². The molecule has 0 aromatic heterocycles. The van der Waals surface area contributed by atoms with Crippen LogP contribution in [-0.4, -0.2) is 24.8 Å². The van der Waals surface area contributed by atoms with Gasteiger partial charge in [0.1, 0.15) is 12.4 Å². The monoisotopic (exact) mass is 282 g/mol. The predicted octanol–water partition coefficient (Wildman–Crippen LogP) is 2.99. The second-order valence-corrected chi connectivity index (χ2v) is 5.05. The molecule has 5 heteroatoms. The maximum atomic E-state index is 5.93. The van der Waals surface area contributed by atoms with E-state index in [1.165, 1.54) is 0 Å². The Morgan fingerprint density at radius 1 is 1.47 bits per heavy atom. The smallest absolute Gasteiger partial charge is 0.282 e. The van der Waals surface area contributed by atoms with Crippen LogP contribution >= 0.6 is 11.6 Å². The van der Waals surface area contributed by atoms with E-state index < -0.39 is 0 Å². The minimum Gasteiger partial charge on any atom is -0.490 e. The fourth-order valence-corrected chi connectivity index (χ4v) is 2.14. The average molecular weight is 283 g/mol. The standard InChI is InChI=1S/C14H19ClN2O2/c1-2-12(8-5-11-9-18-14(16)17-11)19-13-6-3-10(15)4-7-13/h3-4,6-7,11-12H,2,5,8-9H2,1H3,(H2,16,17)/t11-,12+/m0/s1. The molecule has 1 heterocycles. The zero-order chi connectivity index (χ0) is 13.7. The number of nitrogens with two attached hydrogens (primary N) is 1. The minimum absolute atomic E-state index is 0.169. The quantitative estimate of drug-likeness (QED) is 0.873. The van der Waals surface area contributed by atoms with E-state index in [1.54, 1.807) is 0 Å². The second-order valence-electron chi connectivity index (χ2n) is 4.61. The van der Waals surface area contributed by atoms with Crippen molar-refractivity contribution < 1.29 is 9.47 Å². The van der Waals surface area contributed by atoms with Gasteiger partial charge in [-0.25, -0.2) is 4.99 Å². The number of aliphatic imine (C=N–C) groups is 1. The van der Waals surface area contributed by atoms with Gasteiger partial charge in [-0.3, -0.25) is 0 Å². The Morgan fingerprint density at radius 2 is 2.21 bits per heavy atom. The number of hydrogen-bond acceptors (Lipinski definition) is 4. The van der Waals surface area contributed by atoms with Crippen LogP contribution in [0.3, 0.4) is 0 Å². The summed E-state index contributed by atoms with van der Waals surface area (Å²) in [6.07, 6.45) is 2.99. The van der Waals surface area contributed by atoms with Gasteiger partial charge in [0.25, 0.3) is 6.02 Å². The normalized spacial score (nSPS) is 19.7. The number of nitrogens with zero attached hydrogens (tertiary/aromatic N) is 1. The molecule has 0 bridgehead atoms. The molecule has 19 heavy (non-hydrogen) atoms. The van der Waals surface area contributed by atoms with E-state index in [2.05, 4.69) is 11.9 Å². The molecule has 2 rings (SSSR count). The van der Waals surface area contributed by atoms with Gasteiger partial charge in [-0.2, -0.15) is 0 Å². The lowest BCUT2D eigenvalue weighted by molar-refractivity contribution is 0.177. The van der Waals surface area contributed by atoms with Gasteiger partial charge < -0.3 is 15.2 Å². The van der Waals surface area contributed by atoms with E-state index in [4.69, 9.17) is 26.8 Å². The predicted molar refractivity (Wildman–Crippen MR) is 76.8 cm³/mol. The van der Waals surface area contributed by atoms with Gasteiger partial charge in [-0.1, -0.05) is 18.5 Å². The maximum absolute atomic E-state index is 5.93. The topological polar surface area (TPSA) is 56.8 Å². The van der Waals surface area contributed by atoms with Gasteiger partial charge in [-0.05, 0) is 43.5 Å². The van der Waals surface area contributed by atoms with Crippen molar-refractivity contribution in [1.82, 2.24) is 0 Å². The summed E-state index contributed by atoms with van der Waals surface area (Å²) in [6.45, 7) is 2.70. The van der Waals surface area contributed by atoms with E-state index >= 15 is 0 Å². The van der Waals surface area contributed by atoms with Crippen LogP contribution in [0.5, 0.6) is 5.75 Å². The van der Waals surface area contributed by atoms with Crippen LogP contribution < -0.4 is 10.5 Å². The highest BCUT2D eigenvalue weighted by atomic mass is 35.5. The van der Waals surface area contributed by atoms with E-state index in [0.717, 1.165) is 25.0 Å². The highest BCUT2D eigenvalue weighted by molar-refractivity contribution is 6.30. The molecule has 1 aliphatic heterocycles. The van der Waals surface area contributed by atoms with Crippen molar-refractivity contribution in [3.05, 3.63) is 29.3 Å². The zero-order valence-electron chi connectivity index (χ0n) is 11.0. The molecule has 1 aliphatic rings. The van der Waals surface area contributed by atoms with Crippen LogP contribution in [0, 0.1) is 0 Å². The Labute approximate surface area is 118 Å². The number of hydrogen-bond donors (Lipinski definition) is 1. The van der Waals surface area contributed by atoms with Crippen molar-refractivity contribution in [2.75, 3.05) is 6.61 Å². The molecule has 2 N–H and O–H groups in total. The van der Waals surface area contributed by atoms with Crippen LogP contribution in [0.15, 0.2) is 29.3 Å². The molecule has 0 spiro atoms. The first kappa shape index (κ1) is 14.0. The Kier molecular flexibility index (Phi) is 4.91. The summed E-state index contributed by atoms with van der Waals surface area (Å²) in [6, 6.07) is 7.91. The molecule has 2 atom stereocenters. The molecule has 0 fully saturated rings. The summed E-state index contributed by atoms with van der Waals surface area (Å²) in [5.41, 5.74) is 5.49. The number of halogens is 1. The van der Waals surface area contributed by atoms with Crippen molar-refractivity contribution in [3.8, 4) is 5.75 Å². The summed E-state index contributed by atoms with van der Waals surface area (Å²) < 4.78 is 11.1. The van der Waals surface area contributed by atoms with Crippen LogP contribution in [0.1, 0.15) is 26.2 Å². The summed E-state index contributed by atoms with van der Waals surface area (Å²) in [5, 5.41) is 0.716. The van der Waals surface area contributed by atoms with Crippen molar-refractivity contribution >= 4 is 17.6 Å². The van der Waals surface area contributed by atoms with Crippen molar-refractivity contribution in [1.29, 1.82) is 0 Å². The molecule has 1 aromatic rings. The highest BCUT2D eigenvalue weighted by Crippen LogP contribution is 2.20. The lowest BCUT2D eigenvalue weighted by Crippen LogP contribution is -2.18. The number of amidine groups is 1. The third-order valence-corrected chi connectivity index (χ3v) is 3.38. The molecular weight excluding hydrogens is 264 g/mol. The molecule has 0 radical (unpaired) electrons. The zero-order valence-corrected chi connectivity index (χ0v) is 11.8. The van der Waals surface area contributed by atoms with Gasteiger partial charge in [0.15, 0.2) is 0 Å². The molecule has 0 unspecified atom stereocenters. The molecular formula is C14H19ClN2O2. The fraction of sp³-hybridized carbons (Fsp3) is 0.500. The largest absolute Gasteiger partial charge is 0.490 e. The summed E-state index contributed by atoms with van der Waals surface area (Å²) in [7, 11) is 0. The number of benzene rings is 1. The fourth-order valence-electron chi connectivity index (χ4n) is 2.01. The molecule has 0 saturated heterocycles. The molecule has 4 nitrogen and oxygen atoms in total. The van der Waals surface area contributed by atoms with E-state index in [-0.39, 0.29) is 12.1 Å². The molecule has 0 aliphatic carbocycles. The summed E-state index contributed by atoms with van der Waals surface area (Å²) in [4.78, 5) is 4.21. The third-order valence-electron chi connectivity index (χ3n) is 3.13. The maximum Gasteiger partial charge on any atom is 0.282 e. The van der Waals surface area contributed by atoms with Crippen LogP contribution in [0.2, 0.25) is 5.02 Å². The lowest BCUT2D eigenvalue weighted by atomic mass is 10.1. The Hall–Kier alpha value is -1.42. The van der Waals surface area contributed by atoms with E-state index in [1.807, 2.05) is 24.3 Å². The highest BCUT2D eigenvalue weighted by Gasteiger charge is 2.18. The first-order valence-electron chi connectivity index (χ1n) is 6.55. The minimum atomic E-state index is 0.169. The van der Waals surface area contributed by atoms with Gasteiger partial charge in [0, 0.05) is 5.02 Å². The summed E-state index contributed by atoms with van der Waals surface area (Å²) in [5.74, 6) is 0.849. The Bertz CT molecular complexity index is 434. The Balaban J connectivity index is 1.81. The summed E-state index contributed by atoms with van der Waals surface area (Å²) >= 11 is 5.85. The van der Waals surface area contributed by atoms with Crippen molar-refractivity contribution in [2.24, 2.45) is 10.7 Å². The van der Waals surface area contributed by atoms with Crippen LogP contribution in [0.4, 0.5) is 0 Å². The first-order chi connectivity index (χ1) is 9.17. The Morgan fingerprint density at radius 3 is 2.79 bits per heavy atom. The van der Waals surface area contributed by atoms with Gasteiger partial charge in [-0.15, -0.1) is 0 Å². The average Bonchev–Trinajstić information content (AvgIpc) is 2.82. The van der Waals surface area contributed by atoms with Gasteiger partial charge in [0.05, 0.1) is 12.1 Å². The SMILES string of the molecule is CC[C@H](CC[C@H]1COC(N)=N1)Oc1ccc(Cl)cc1.